The van der Waals surface area contributed by atoms with E-state index in [1.165, 1.54) is 17.0 Å². The van der Waals surface area contributed by atoms with E-state index in [2.05, 4.69) is 4.98 Å². The number of halogens is 2. The van der Waals surface area contributed by atoms with Gasteiger partial charge in [-0.15, -0.1) is 0 Å². The maximum atomic E-state index is 13.5. The van der Waals surface area contributed by atoms with Crippen molar-refractivity contribution in [3.63, 3.8) is 0 Å². The molecule has 4 N–H and O–H groups in total. The molecule has 6 nitrogen and oxygen atoms in total. The lowest BCUT2D eigenvalue weighted by atomic mass is 10.0. The standard InChI is InChI=1S/C28H33F2N3O3/c1-3-19-5-4-6-20(11-19)16-33(28(36)10-9-26(34)25-8-7-18(2)32-25)17-27(35)24(31)14-21-12-22(29)15-23(30)13-21/h4-8,11-13,15,24,27,32,35H,3,9-10,14,16-17,31H2,1-2H3. The smallest absolute Gasteiger partial charge is 0.223 e. The normalized spacial score (nSPS) is 12.8. The van der Waals surface area contributed by atoms with Gasteiger partial charge in [-0.05, 0) is 60.7 Å². The number of hydrogen-bond donors (Lipinski definition) is 3. The van der Waals surface area contributed by atoms with Gasteiger partial charge in [0.1, 0.15) is 11.6 Å². The van der Waals surface area contributed by atoms with Crippen LogP contribution in [0.15, 0.2) is 54.6 Å². The van der Waals surface area contributed by atoms with Crippen molar-refractivity contribution in [1.29, 1.82) is 0 Å². The topological polar surface area (TPSA) is 99.4 Å². The molecule has 2 aromatic carbocycles. The second-order valence-corrected chi connectivity index (χ2v) is 9.14. The highest BCUT2D eigenvalue weighted by Crippen LogP contribution is 2.15. The highest BCUT2D eigenvalue weighted by Gasteiger charge is 2.24. The maximum Gasteiger partial charge on any atom is 0.223 e. The molecule has 3 aromatic rings. The van der Waals surface area contributed by atoms with Gasteiger partial charge in [-0.25, -0.2) is 8.78 Å². The molecule has 3 rings (SSSR count). The number of aromatic amines is 1. The number of nitrogens with zero attached hydrogens (tertiary/aromatic N) is 1. The third-order valence-electron chi connectivity index (χ3n) is 6.12. The van der Waals surface area contributed by atoms with Crippen molar-refractivity contribution in [3.05, 3.63) is 94.3 Å². The summed E-state index contributed by atoms with van der Waals surface area (Å²) in [4.78, 5) is 30.1. The Labute approximate surface area is 210 Å². The number of nitrogens with one attached hydrogen (secondary N) is 1. The third kappa shape index (κ3) is 7.83. The van der Waals surface area contributed by atoms with Crippen LogP contribution >= 0.6 is 0 Å². The molecule has 192 valence electrons. The zero-order chi connectivity index (χ0) is 26.2. The molecular formula is C28H33F2N3O3. The summed E-state index contributed by atoms with van der Waals surface area (Å²) in [5, 5.41) is 10.8. The molecule has 2 atom stereocenters. The summed E-state index contributed by atoms with van der Waals surface area (Å²) in [6.45, 7) is 4.04. The molecule has 8 heteroatoms. The number of ketones is 1. The van der Waals surface area contributed by atoms with E-state index in [0.29, 0.717) is 11.3 Å². The number of hydrogen-bond acceptors (Lipinski definition) is 4. The lowest BCUT2D eigenvalue weighted by Gasteiger charge is -2.28. The average Bonchev–Trinajstić information content (AvgIpc) is 3.27. The molecule has 0 bridgehead atoms. The maximum absolute atomic E-state index is 13.5. The Balaban J connectivity index is 1.70. The van der Waals surface area contributed by atoms with Crippen LogP contribution in [0.3, 0.4) is 0 Å². The molecular weight excluding hydrogens is 464 g/mol. The molecule has 36 heavy (non-hydrogen) atoms. The zero-order valence-corrected chi connectivity index (χ0v) is 20.6. The van der Waals surface area contributed by atoms with Crippen LogP contribution in [0, 0.1) is 18.6 Å². The summed E-state index contributed by atoms with van der Waals surface area (Å²) in [6, 6.07) is 13.5. The summed E-state index contributed by atoms with van der Waals surface area (Å²) >= 11 is 0. The summed E-state index contributed by atoms with van der Waals surface area (Å²) < 4.78 is 27.1. The average molecular weight is 498 g/mol. The van der Waals surface area contributed by atoms with Gasteiger partial charge < -0.3 is 20.7 Å². The van der Waals surface area contributed by atoms with Crippen LogP contribution in [0.2, 0.25) is 0 Å². The van der Waals surface area contributed by atoms with Crippen LogP contribution in [-0.2, 0) is 24.2 Å². The number of aromatic nitrogens is 1. The van der Waals surface area contributed by atoms with Crippen LogP contribution in [0.4, 0.5) is 8.78 Å². The predicted molar refractivity (Wildman–Crippen MR) is 134 cm³/mol. The van der Waals surface area contributed by atoms with Crippen molar-refractivity contribution in [2.75, 3.05) is 6.54 Å². The fraction of sp³-hybridized carbons (Fsp3) is 0.357. The lowest BCUT2D eigenvalue weighted by molar-refractivity contribution is -0.133. The van der Waals surface area contributed by atoms with Crippen molar-refractivity contribution in [1.82, 2.24) is 9.88 Å². The minimum absolute atomic E-state index is 0.0228. The van der Waals surface area contributed by atoms with E-state index >= 15 is 0 Å². The van der Waals surface area contributed by atoms with Gasteiger partial charge in [0.05, 0.1) is 11.8 Å². The van der Waals surface area contributed by atoms with Crippen LogP contribution in [0.25, 0.3) is 0 Å². The summed E-state index contributed by atoms with van der Waals surface area (Å²) in [7, 11) is 0. The number of benzene rings is 2. The first-order valence-electron chi connectivity index (χ1n) is 12.1. The number of carbonyl (C=O) groups is 2. The summed E-state index contributed by atoms with van der Waals surface area (Å²) in [6.07, 6.45) is -0.273. The minimum atomic E-state index is -1.14. The van der Waals surface area contributed by atoms with Crippen molar-refractivity contribution >= 4 is 11.7 Å². The lowest BCUT2D eigenvalue weighted by Crippen LogP contribution is -2.46. The van der Waals surface area contributed by atoms with Crippen molar-refractivity contribution in [3.8, 4) is 0 Å². The second-order valence-electron chi connectivity index (χ2n) is 9.14. The molecule has 1 heterocycles. The van der Waals surface area contributed by atoms with Crippen molar-refractivity contribution in [2.45, 2.75) is 58.2 Å². The van der Waals surface area contributed by atoms with Gasteiger partial charge >= 0.3 is 0 Å². The first-order valence-corrected chi connectivity index (χ1v) is 12.1. The highest BCUT2D eigenvalue weighted by atomic mass is 19.1. The Morgan fingerprint density at radius 1 is 1.00 bits per heavy atom. The minimum Gasteiger partial charge on any atom is -0.390 e. The molecule has 0 spiro atoms. The van der Waals surface area contributed by atoms with E-state index < -0.39 is 23.8 Å². The number of amides is 1. The number of aryl methyl sites for hydroxylation is 2. The fourth-order valence-electron chi connectivity index (χ4n) is 4.10. The van der Waals surface area contributed by atoms with Gasteiger partial charge in [-0.2, -0.15) is 0 Å². The Morgan fingerprint density at radius 3 is 2.33 bits per heavy atom. The monoisotopic (exact) mass is 497 g/mol. The zero-order valence-electron chi connectivity index (χ0n) is 20.6. The fourth-order valence-corrected chi connectivity index (χ4v) is 4.10. The summed E-state index contributed by atoms with van der Waals surface area (Å²) in [5.74, 6) is -1.91. The molecule has 0 radical (unpaired) electrons. The summed E-state index contributed by atoms with van der Waals surface area (Å²) in [5.41, 5.74) is 9.78. The molecule has 1 aromatic heterocycles. The molecule has 0 saturated carbocycles. The van der Waals surface area contributed by atoms with Crippen molar-refractivity contribution < 1.29 is 23.5 Å². The van der Waals surface area contributed by atoms with Crippen LogP contribution in [-0.4, -0.2) is 45.4 Å². The largest absolute Gasteiger partial charge is 0.390 e. The van der Waals surface area contributed by atoms with Crippen LogP contribution in [0.5, 0.6) is 0 Å². The SMILES string of the molecule is CCc1cccc(CN(CC(O)C(N)Cc2cc(F)cc(F)c2)C(=O)CCC(=O)c2ccc(C)[nH]2)c1. The predicted octanol–water partition coefficient (Wildman–Crippen LogP) is 4.09. The van der Waals surface area contributed by atoms with E-state index in [1.807, 2.05) is 38.1 Å². The van der Waals surface area contributed by atoms with Gasteiger partial charge in [0.2, 0.25) is 5.91 Å². The Hall–Kier alpha value is -3.36. The Kier molecular flexibility index (Phi) is 9.50. The van der Waals surface area contributed by atoms with E-state index in [1.54, 1.807) is 12.1 Å². The molecule has 0 fully saturated rings. The molecule has 1 amide bonds. The Morgan fingerprint density at radius 2 is 1.69 bits per heavy atom. The first-order chi connectivity index (χ1) is 17.1. The van der Waals surface area contributed by atoms with E-state index in [9.17, 15) is 23.5 Å². The molecule has 0 aliphatic heterocycles. The van der Waals surface area contributed by atoms with Crippen molar-refractivity contribution in [2.24, 2.45) is 5.73 Å². The number of Topliss-reactive ketones (excluding diaryl/α,β-unsaturated/α-hetero) is 1. The number of carbonyl (C=O) groups excluding carboxylic acids is 2. The van der Waals surface area contributed by atoms with Gasteiger partial charge in [-0.1, -0.05) is 31.2 Å². The molecule has 2 unspecified atom stereocenters. The van der Waals surface area contributed by atoms with Crippen LogP contribution < -0.4 is 5.73 Å². The third-order valence-corrected chi connectivity index (χ3v) is 6.12. The van der Waals surface area contributed by atoms with Gasteiger partial charge in [-0.3, -0.25) is 9.59 Å². The number of aliphatic hydroxyl groups is 1. The highest BCUT2D eigenvalue weighted by molar-refractivity contribution is 5.96. The second kappa shape index (κ2) is 12.6. The number of rotatable bonds is 12. The Bertz CT molecular complexity index is 1170. The van der Waals surface area contributed by atoms with E-state index in [4.69, 9.17) is 5.73 Å². The van der Waals surface area contributed by atoms with E-state index in [0.717, 1.165) is 29.3 Å². The number of H-pyrrole nitrogens is 1. The number of aliphatic hydroxyl groups excluding tert-OH is 1. The van der Waals surface area contributed by atoms with E-state index in [-0.39, 0.29) is 44.0 Å². The molecule has 0 aliphatic carbocycles. The molecule has 0 saturated heterocycles. The molecule has 0 aliphatic rings. The van der Waals surface area contributed by atoms with Gasteiger partial charge in [0, 0.05) is 43.7 Å². The first kappa shape index (κ1) is 27.2. The quantitative estimate of drug-likeness (QED) is 0.328. The number of nitrogens with two attached hydrogens (primary N) is 1. The van der Waals surface area contributed by atoms with Gasteiger partial charge in [0.15, 0.2) is 5.78 Å². The van der Waals surface area contributed by atoms with Crippen LogP contribution in [0.1, 0.15) is 52.6 Å². The van der Waals surface area contributed by atoms with Gasteiger partial charge in [0.25, 0.3) is 0 Å².